The number of ether oxygens (including phenoxy) is 1. The lowest BCUT2D eigenvalue weighted by Crippen LogP contribution is -2.59. The van der Waals surface area contributed by atoms with Gasteiger partial charge < -0.3 is 15.0 Å². The molecule has 1 saturated carbocycles. The van der Waals surface area contributed by atoms with E-state index in [1.165, 1.54) is 56.3 Å². The van der Waals surface area contributed by atoms with Gasteiger partial charge in [0.1, 0.15) is 5.75 Å². The summed E-state index contributed by atoms with van der Waals surface area (Å²) in [4.78, 5) is 2.64. The molecule has 0 radical (unpaired) electrons. The number of piperidine rings is 1. The van der Waals surface area contributed by atoms with Crippen LogP contribution in [-0.4, -0.2) is 31.6 Å². The molecule has 3 atom stereocenters. The molecule has 2 aliphatic carbocycles. The third-order valence-electron chi connectivity index (χ3n) is 7.75. The van der Waals surface area contributed by atoms with Gasteiger partial charge in [-0.1, -0.05) is 31.0 Å². The third-order valence-corrected chi connectivity index (χ3v) is 7.75. The fourth-order valence-electron chi connectivity index (χ4n) is 6.29. The van der Waals surface area contributed by atoms with Crippen molar-refractivity contribution >= 4 is 30.5 Å². The van der Waals surface area contributed by atoms with E-state index < -0.39 is 0 Å². The molecule has 1 saturated heterocycles. The zero-order valence-electron chi connectivity index (χ0n) is 18.0. The molecule has 30 heavy (non-hydrogen) atoms. The summed E-state index contributed by atoms with van der Waals surface area (Å²) >= 11 is 0. The number of likely N-dealkylation sites (tertiary alicyclic amines) is 1. The van der Waals surface area contributed by atoms with Gasteiger partial charge in [-0.15, -0.1) is 24.8 Å². The minimum atomic E-state index is 0. The molecule has 1 aliphatic heterocycles. The number of likely N-dealkylation sites (N-methyl/N-ethyl adjacent to an activating group) is 1. The first-order valence-electron chi connectivity index (χ1n) is 10.9. The molecule has 3 aliphatic rings. The summed E-state index contributed by atoms with van der Waals surface area (Å²) in [6, 6.07) is 16.3. The van der Waals surface area contributed by atoms with Crippen molar-refractivity contribution in [3.63, 3.8) is 0 Å². The molecule has 0 amide bonds. The average molecular weight is 449 g/mol. The van der Waals surface area contributed by atoms with E-state index >= 15 is 0 Å². The summed E-state index contributed by atoms with van der Waals surface area (Å²) in [6.07, 6.45) is 8.17. The van der Waals surface area contributed by atoms with Crippen molar-refractivity contribution in [2.45, 2.75) is 56.5 Å². The summed E-state index contributed by atoms with van der Waals surface area (Å²) in [5, 5.41) is 3.67. The molecule has 3 nitrogen and oxygen atoms in total. The number of rotatable bonds is 4. The van der Waals surface area contributed by atoms with Crippen molar-refractivity contribution in [2.24, 2.45) is 5.92 Å². The highest BCUT2D eigenvalue weighted by Gasteiger charge is 2.52. The molecule has 164 valence electrons. The predicted octanol–water partition coefficient (Wildman–Crippen LogP) is 5.84. The first kappa shape index (κ1) is 23.2. The van der Waals surface area contributed by atoms with Crippen molar-refractivity contribution in [3.05, 3.63) is 59.2 Å². The largest absolute Gasteiger partial charge is 0.497 e. The first-order chi connectivity index (χ1) is 13.7. The zero-order chi connectivity index (χ0) is 19.1. The van der Waals surface area contributed by atoms with E-state index in [2.05, 4.69) is 53.7 Å². The molecule has 2 bridgehead atoms. The average Bonchev–Trinajstić information content (AvgIpc) is 2.75. The Bertz CT molecular complexity index is 874. The number of nitrogens with one attached hydrogen (secondary N) is 1. The van der Waals surface area contributed by atoms with Gasteiger partial charge in [0, 0.05) is 23.7 Å². The van der Waals surface area contributed by atoms with Gasteiger partial charge in [-0.3, -0.25) is 0 Å². The quantitative estimate of drug-likeness (QED) is 0.635. The molecule has 2 aromatic carbocycles. The van der Waals surface area contributed by atoms with Gasteiger partial charge in [0.05, 0.1) is 7.11 Å². The number of fused-ring (bicyclic) bond motifs is 1. The van der Waals surface area contributed by atoms with Crippen LogP contribution in [0.1, 0.15) is 48.8 Å². The van der Waals surface area contributed by atoms with Crippen molar-refractivity contribution in [2.75, 3.05) is 26.0 Å². The second-order valence-corrected chi connectivity index (χ2v) is 9.09. The predicted molar refractivity (Wildman–Crippen MR) is 130 cm³/mol. The summed E-state index contributed by atoms with van der Waals surface area (Å²) in [7, 11) is 4.07. The standard InChI is InChI=1S/C25H32N2O.2ClH/c1-27-13-12-25-11-4-3-8-22(25)24(27)15-19-9-10-20(16-23(19)25)26-17-18-6-5-7-21(14-18)28-2;;/h5-7,9-10,14,16,22,24,26H,3-4,8,11-13,15,17H2,1-2H3;2*1H/t22-,24+,25+;;/m0../s1. The minimum Gasteiger partial charge on any atom is -0.497 e. The number of hydrogen-bond acceptors (Lipinski definition) is 3. The topological polar surface area (TPSA) is 24.5 Å². The Morgan fingerprint density at radius 2 is 1.97 bits per heavy atom. The van der Waals surface area contributed by atoms with Crippen LogP contribution in [0.25, 0.3) is 0 Å². The molecule has 1 heterocycles. The molecule has 2 fully saturated rings. The summed E-state index contributed by atoms with van der Waals surface area (Å²) < 4.78 is 5.36. The highest BCUT2D eigenvalue weighted by Crippen LogP contribution is 2.55. The van der Waals surface area contributed by atoms with Gasteiger partial charge in [-0.25, -0.2) is 0 Å². The van der Waals surface area contributed by atoms with Gasteiger partial charge in [-0.05, 0) is 86.1 Å². The van der Waals surface area contributed by atoms with Crippen LogP contribution in [0, 0.1) is 5.92 Å². The normalized spacial score (nSPS) is 27.0. The SMILES string of the molecule is COc1cccc(CNc2ccc3c(c2)[C@@]24CCCC[C@H]2[C@@H](C3)N(C)CC4)c1.Cl.Cl. The van der Waals surface area contributed by atoms with Crippen molar-refractivity contribution in [1.29, 1.82) is 0 Å². The highest BCUT2D eigenvalue weighted by molar-refractivity contribution is 5.85. The highest BCUT2D eigenvalue weighted by atomic mass is 35.5. The molecule has 5 rings (SSSR count). The Labute approximate surface area is 193 Å². The van der Waals surface area contributed by atoms with Crippen LogP contribution in [0.4, 0.5) is 5.69 Å². The van der Waals surface area contributed by atoms with Crippen molar-refractivity contribution in [1.82, 2.24) is 4.90 Å². The summed E-state index contributed by atoms with van der Waals surface area (Å²) in [5.41, 5.74) is 6.21. The lowest BCUT2D eigenvalue weighted by atomic mass is 9.52. The van der Waals surface area contributed by atoms with E-state index in [1.807, 2.05) is 6.07 Å². The van der Waals surface area contributed by atoms with Gasteiger partial charge in [0.25, 0.3) is 0 Å². The van der Waals surface area contributed by atoms with Crippen molar-refractivity contribution < 1.29 is 4.74 Å². The van der Waals surface area contributed by atoms with Crippen LogP contribution < -0.4 is 10.1 Å². The summed E-state index contributed by atoms with van der Waals surface area (Å²) in [5.74, 6) is 1.77. The number of hydrogen-bond donors (Lipinski definition) is 1. The smallest absolute Gasteiger partial charge is 0.119 e. The lowest BCUT2D eigenvalue weighted by Gasteiger charge is -2.58. The number of benzene rings is 2. The fraction of sp³-hybridized carbons (Fsp3) is 0.520. The van der Waals surface area contributed by atoms with Gasteiger partial charge in [0.2, 0.25) is 0 Å². The third kappa shape index (κ3) is 3.92. The number of anilines is 1. The van der Waals surface area contributed by atoms with E-state index in [0.717, 1.165) is 24.3 Å². The molecular formula is C25H34Cl2N2O. The number of nitrogens with zero attached hydrogens (tertiary/aromatic N) is 1. The first-order valence-corrected chi connectivity index (χ1v) is 10.9. The van der Waals surface area contributed by atoms with Gasteiger partial charge in [0.15, 0.2) is 0 Å². The van der Waals surface area contributed by atoms with E-state index in [9.17, 15) is 0 Å². The van der Waals surface area contributed by atoms with Gasteiger partial charge in [-0.2, -0.15) is 0 Å². The van der Waals surface area contributed by atoms with Crippen LogP contribution in [-0.2, 0) is 18.4 Å². The molecule has 0 aromatic heterocycles. The second-order valence-electron chi connectivity index (χ2n) is 9.09. The number of methoxy groups -OCH3 is 1. The molecule has 5 heteroatoms. The van der Waals surface area contributed by atoms with Crippen LogP contribution in [0.15, 0.2) is 42.5 Å². The molecule has 0 unspecified atom stereocenters. The van der Waals surface area contributed by atoms with Crippen LogP contribution >= 0.6 is 24.8 Å². The Kier molecular flexibility index (Phi) is 7.27. The Hall–Kier alpha value is -1.42. The van der Waals surface area contributed by atoms with E-state index in [-0.39, 0.29) is 24.8 Å². The monoisotopic (exact) mass is 448 g/mol. The molecule has 0 spiro atoms. The van der Waals surface area contributed by atoms with E-state index in [1.54, 1.807) is 18.2 Å². The fourth-order valence-corrected chi connectivity index (χ4v) is 6.29. The second kappa shape index (κ2) is 9.38. The molecule has 2 aromatic rings. The van der Waals surface area contributed by atoms with E-state index in [4.69, 9.17) is 4.74 Å². The maximum atomic E-state index is 5.36. The maximum absolute atomic E-state index is 5.36. The van der Waals surface area contributed by atoms with Crippen LogP contribution in [0.2, 0.25) is 0 Å². The number of halogens is 2. The van der Waals surface area contributed by atoms with Crippen molar-refractivity contribution in [3.8, 4) is 5.75 Å². The maximum Gasteiger partial charge on any atom is 0.119 e. The van der Waals surface area contributed by atoms with Crippen LogP contribution in [0.5, 0.6) is 5.75 Å². The zero-order valence-corrected chi connectivity index (χ0v) is 19.7. The van der Waals surface area contributed by atoms with Gasteiger partial charge >= 0.3 is 0 Å². The minimum absolute atomic E-state index is 0. The van der Waals surface area contributed by atoms with Crippen LogP contribution in [0.3, 0.4) is 0 Å². The Balaban J connectivity index is 0.00000128. The Morgan fingerprint density at radius 1 is 1.10 bits per heavy atom. The molecular weight excluding hydrogens is 415 g/mol. The van der Waals surface area contributed by atoms with E-state index in [0.29, 0.717) is 5.41 Å². The lowest BCUT2D eigenvalue weighted by molar-refractivity contribution is 0.00290. The Morgan fingerprint density at radius 3 is 2.80 bits per heavy atom. The molecule has 1 N–H and O–H groups in total. The summed E-state index contributed by atoms with van der Waals surface area (Å²) in [6.45, 7) is 2.08.